The summed E-state index contributed by atoms with van der Waals surface area (Å²) in [4.78, 5) is 14.0. The summed E-state index contributed by atoms with van der Waals surface area (Å²) in [6, 6.07) is 6.71. The minimum atomic E-state index is -0.764. The van der Waals surface area contributed by atoms with Crippen LogP contribution in [0.2, 0.25) is 0 Å². The molecule has 1 aliphatic rings. The summed E-state index contributed by atoms with van der Waals surface area (Å²) in [5, 5.41) is 39.6. The van der Waals surface area contributed by atoms with Gasteiger partial charge in [-0.3, -0.25) is 0 Å². The molecule has 0 fully saturated rings. The molecule has 2 aromatic rings. The molecule has 0 saturated heterocycles. The lowest BCUT2D eigenvalue weighted by atomic mass is 9.93. The zero-order valence-electron chi connectivity index (χ0n) is 18.5. The first kappa shape index (κ1) is 23.3. The Kier molecular flexibility index (Phi) is 6.88. The second kappa shape index (κ2) is 9.44. The number of hydrogen-bond donors (Lipinski definition) is 4. The van der Waals surface area contributed by atoms with Crippen molar-refractivity contribution in [2.45, 2.75) is 58.4 Å². The van der Waals surface area contributed by atoms with Gasteiger partial charge in [0, 0.05) is 36.2 Å². The summed E-state index contributed by atoms with van der Waals surface area (Å²) < 4.78 is 17.1. The molecule has 0 saturated carbocycles. The standard InChI is InChI=1S/C23H29NO8/c1-12(2)24(13(3)4)23(29)31-11-30-21-10-16-18(27)8-15(25)9-20(16)32-22(21)14-5-6-17(26)19(28)7-14/h5-9,12-13,21-22,25-28H,10-11H2,1-4H3. The minimum absolute atomic E-state index is 0.0512. The monoisotopic (exact) mass is 447 g/mol. The summed E-state index contributed by atoms with van der Waals surface area (Å²) in [5.41, 5.74) is 0.931. The first-order valence-electron chi connectivity index (χ1n) is 10.4. The Balaban J connectivity index is 1.82. The molecule has 2 unspecified atom stereocenters. The zero-order valence-corrected chi connectivity index (χ0v) is 18.5. The van der Waals surface area contributed by atoms with Gasteiger partial charge in [0.2, 0.25) is 0 Å². The van der Waals surface area contributed by atoms with Gasteiger partial charge in [-0.25, -0.2) is 4.79 Å². The number of fused-ring (bicyclic) bond motifs is 1. The van der Waals surface area contributed by atoms with E-state index in [-0.39, 0.29) is 54.0 Å². The highest BCUT2D eigenvalue weighted by atomic mass is 16.7. The number of carbonyl (C=O) groups excluding carboxylic acids is 1. The maximum absolute atomic E-state index is 12.5. The molecule has 1 aliphatic heterocycles. The van der Waals surface area contributed by atoms with Crippen molar-refractivity contribution in [3.8, 4) is 28.7 Å². The second-order valence-electron chi connectivity index (χ2n) is 8.26. The molecule has 9 heteroatoms. The molecule has 174 valence electrons. The molecule has 0 spiro atoms. The van der Waals surface area contributed by atoms with Crippen molar-refractivity contribution in [3.05, 3.63) is 41.5 Å². The summed E-state index contributed by atoms with van der Waals surface area (Å²) in [6.45, 7) is 7.20. The summed E-state index contributed by atoms with van der Waals surface area (Å²) in [5.74, 6) is -0.658. The summed E-state index contributed by atoms with van der Waals surface area (Å²) in [7, 11) is 0. The molecule has 1 amide bonds. The van der Waals surface area contributed by atoms with Gasteiger partial charge >= 0.3 is 6.09 Å². The third-order valence-corrected chi connectivity index (χ3v) is 5.28. The number of phenolic OH excluding ortho intramolecular Hbond substituents is 4. The maximum atomic E-state index is 12.5. The van der Waals surface area contributed by atoms with Crippen LogP contribution in [0.15, 0.2) is 30.3 Å². The Hall–Kier alpha value is -3.33. The molecule has 2 atom stereocenters. The van der Waals surface area contributed by atoms with E-state index in [1.807, 2.05) is 27.7 Å². The van der Waals surface area contributed by atoms with Crippen molar-refractivity contribution in [3.63, 3.8) is 0 Å². The number of ether oxygens (including phenoxy) is 3. The third kappa shape index (κ3) is 4.94. The first-order chi connectivity index (χ1) is 15.1. The molecule has 3 rings (SSSR count). The molecule has 0 aliphatic carbocycles. The molecule has 4 N–H and O–H groups in total. The zero-order chi connectivity index (χ0) is 23.6. The number of phenols is 4. The molecule has 32 heavy (non-hydrogen) atoms. The van der Waals surface area contributed by atoms with Crippen LogP contribution in [-0.4, -0.2) is 56.4 Å². The van der Waals surface area contributed by atoms with E-state index >= 15 is 0 Å². The summed E-state index contributed by atoms with van der Waals surface area (Å²) in [6.07, 6.45) is -1.77. The molecule has 0 radical (unpaired) electrons. The van der Waals surface area contributed by atoms with Crippen LogP contribution in [0.5, 0.6) is 28.7 Å². The van der Waals surface area contributed by atoms with E-state index in [0.29, 0.717) is 11.1 Å². The van der Waals surface area contributed by atoms with E-state index < -0.39 is 18.3 Å². The van der Waals surface area contributed by atoms with Crippen LogP contribution in [0.25, 0.3) is 0 Å². The quantitative estimate of drug-likeness (QED) is 0.389. The van der Waals surface area contributed by atoms with Crippen LogP contribution in [0.4, 0.5) is 4.79 Å². The number of amides is 1. The van der Waals surface area contributed by atoms with Crippen LogP contribution in [0, 0.1) is 0 Å². The largest absolute Gasteiger partial charge is 0.508 e. The van der Waals surface area contributed by atoms with Crippen LogP contribution in [0.1, 0.15) is 44.9 Å². The Morgan fingerprint density at radius 2 is 1.72 bits per heavy atom. The number of aromatic hydroxyl groups is 4. The lowest BCUT2D eigenvalue weighted by Crippen LogP contribution is -2.43. The van der Waals surface area contributed by atoms with E-state index in [4.69, 9.17) is 14.2 Å². The van der Waals surface area contributed by atoms with Crippen molar-refractivity contribution >= 4 is 6.09 Å². The number of hydrogen-bond acceptors (Lipinski definition) is 8. The SMILES string of the molecule is CC(C)N(C(=O)OCOC1Cc2c(O)cc(O)cc2OC1c1ccc(O)c(O)c1)C(C)C. The van der Waals surface area contributed by atoms with Gasteiger partial charge in [-0.2, -0.15) is 0 Å². The fourth-order valence-corrected chi connectivity index (χ4v) is 3.86. The van der Waals surface area contributed by atoms with E-state index in [1.165, 1.54) is 24.3 Å². The maximum Gasteiger partial charge on any atom is 0.412 e. The minimum Gasteiger partial charge on any atom is -0.508 e. The number of benzene rings is 2. The number of nitrogens with zero attached hydrogens (tertiary/aromatic N) is 1. The predicted molar refractivity (Wildman–Crippen MR) is 115 cm³/mol. The van der Waals surface area contributed by atoms with Crippen molar-refractivity contribution in [2.24, 2.45) is 0 Å². The normalized spacial score (nSPS) is 17.7. The second-order valence-corrected chi connectivity index (χ2v) is 8.26. The molecule has 2 aromatic carbocycles. The van der Waals surface area contributed by atoms with Gasteiger partial charge in [0.25, 0.3) is 0 Å². The van der Waals surface area contributed by atoms with E-state index in [0.717, 1.165) is 0 Å². The van der Waals surface area contributed by atoms with Gasteiger partial charge < -0.3 is 39.5 Å². The van der Waals surface area contributed by atoms with Crippen LogP contribution >= 0.6 is 0 Å². The molecular formula is C23H29NO8. The number of rotatable bonds is 6. The third-order valence-electron chi connectivity index (χ3n) is 5.28. The van der Waals surface area contributed by atoms with Gasteiger partial charge in [-0.1, -0.05) is 6.07 Å². The number of carbonyl (C=O) groups is 1. The van der Waals surface area contributed by atoms with Crippen molar-refractivity contribution in [2.75, 3.05) is 6.79 Å². The molecule has 0 aromatic heterocycles. The highest BCUT2D eigenvalue weighted by molar-refractivity contribution is 5.68. The predicted octanol–water partition coefficient (Wildman–Crippen LogP) is 3.78. The van der Waals surface area contributed by atoms with Gasteiger partial charge in [-0.15, -0.1) is 0 Å². The van der Waals surface area contributed by atoms with E-state index in [1.54, 1.807) is 11.0 Å². The van der Waals surface area contributed by atoms with Crippen molar-refractivity contribution in [1.82, 2.24) is 4.90 Å². The van der Waals surface area contributed by atoms with Crippen molar-refractivity contribution < 1.29 is 39.4 Å². The Labute approximate surface area is 186 Å². The molecular weight excluding hydrogens is 418 g/mol. The molecule has 1 heterocycles. The lowest BCUT2D eigenvalue weighted by molar-refractivity contribution is -0.108. The smallest absolute Gasteiger partial charge is 0.412 e. The average Bonchev–Trinajstić information content (AvgIpc) is 2.69. The molecule has 0 bridgehead atoms. The van der Waals surface area contributed by atoms with Gasteiger partial charge in [0.15, 0.2) is 24.4 Å². The van der Waals surface area contributed by atoms with Crippen LogP contribution in [-0.2, 0) is 15.9 Å². The first-order valence-corrected chi connectivity index (χ1v) is 10.4. The highest BCUT2D eigenvalue weighted by Gasteiger charge is 2.35. The Bertz CT molecular complexity index is 967. The Morgan fingerprint density at radius 3 is 2.34 bits per heavy atom. The van der Waals surface area contributed by atoms with Gasteiger partial charge in [0.1, 0.15) is 23.4 Å². The van der Waals surface area contributed by atoms with E-state index in [2.05, 4.69) is 0 Å². The lowest BCUT2D eigenvalue weighted by Gasteiger charge is -2.34. The van der Waals surface area contributed by atoms with E-state index in [9.17, 15) is 25.2 Å². The Morgan fingerprint density at radius 1 is 1.03 bits per heavy atom. The van der Waals surface area contributed by atoms with Gasteiger partial charge in [0.05, 0.1) is 0 Å². The fraction of sp³-hybridized carbons (Fsp3) is 0.435. The van der Waals surface area contributed by atoms with Crippen molar-refractivity contribution in [1.29, 1.82) is 0 Å². The molecule has 9 nitrogen and oxygen atoms in total. The topological polar surface area (TPSA) is 129 Å². The fourth-order valence-electron chi connectivity index (χ4n) is 3.86. The van der Waals surface area contributed by atoms with Gasteiger partial charge in [-0.05, 0) is 45.4 Å². The summed E-state index contributed by atoms with van der Waals surface area (Å²) >= 11 is 0. The van der Waals surface area contributed by atoms with Crippen LogP contribution in [0.3, 0.4) is 0 Å². The highest BCUT2D eigenvalue weighted by Crippen LogP contribution is 2.43. The average molecular weight is 447 g/mol. The van der Waals surface area contributed by atoms with Crippen LogP contribution < -0.4 is 4.74 Å².